The second-order valence-electron chi connectivity index (χ2n) is 6.10. The normalized spacial score (nSPS) is 22.0. The van der Waals surface area contributed by atoms with Crippen LogP contribution >= 0.6 is 24.0 Å². The lowest BCUT2D eigenvalue weighted by molar-refractivity contribution is -0.116. The van der Waals surface area contributed by atoms with Crippen molar-refractivity contribution in [1.82, 2.24) is 4.90 Å². The Labute approximate surface area is 144 Å². The number of carbonyl (C=O) groups is 1. The molecule has 1 N–H and O–H groups in total. The predicted molar refractivity (Wildman–Crippen MR) is 96.2 cm³/mol. The van der Waals surface area contributed by atoms with Crippen LogP contribution in [-0.2, 0) is 4.79 Å². The molecular weight excluding hydrogens is 319 g/mol. The SMILES string of the molecule is Cc1cccc(Cl)c1NC(=O)CCN1C(C)CCCC1C.Cl. The van der Waals surface area contributed by atoms with Crippen molar-refractivity contribution >= 4 is 35.6 Å². The van der Waals surface area contributed by atoms with E-state index in [2.05, 4.69) is 24.1 Å². The van der Waals surface area contributed by atoms with E-state index in [1.54, 1.807) is 6.07 Å². The highest BCUT2D eigenvalue weighted by Gasteiger charge is 2.24. The molecule has 1 amide bonds. The summed E-state index contributed by atoms with van der Waals surface area (Å²) >= 11 is 6.14. The molecule has 22 heavy (non-hydrogen) atoms. The molecule has 0 radical (unpaired) electrons. The van der Waals surface area contributed by atoms with Crippen LogP contribution in [0.5, 0.6) is 0 Å². The second kappa shape index (κ2) is 8.76. The van der Waals surface area contributed by atoms with Crippen molar-refractivity contribution in [1.29, 1.82) is 0 Å². The van der Waals surface area contributed by atoms with Gasteiger partial charge in [-0.15, -0.1) is 12.4 Å². The van der Waals surface area contributed by atoms with Crippen molar-refractivity contribution in [2.45, 2.75) is 58.5 Å². The van der Waals surface area contributed by atoms with E-state index in [9.17, 15) is 4.79 Å². The maximum Gasteiger partial charge on any atom is 0.225 e. The summed E-state index contributed by atoms with van der Waals surface area (Å²) in [7, 11) is 0. The number of aryl methyl sites for hydroxylation is 1. The Hall–Kier alpha value is -0.770. The van der Waals surface area contributed by atoms with Gasteiger partial charge in [-0.2, -0.15) is 0 Å². The molecule has 2 atom stereocenters. The van der Waals surface area contributed by atoms with Crippen LogP contribution in [0.1, 0.15) is 45.1 Å². The van der Waals surface area contributed by atoms with Crippen LogP contribution in [-0.4, -0.2) is 29.4 Å². The van der Waals surface area contributed by atoms with Crippen LogP contribution in [0.15, 0.2) is 18.2 Å². The van der Waals surface area contributed by atoms with Crippen molar-refractivity contribution in [2.75, 3.05) is 11.9 Å². The Morgan fingerprint density at radius 3 is 2.55 bits per heavy atom. The van der Waals surface area contributed by atoms with E-state index in [1.165, 1.54) is 19.3 Å². The van der Waals surface area contributed by atoms with E-state index in [-0.39, 0.29) is 18.3 Å². The highest BCUT2D eigenvalue weighted by Crippen LogP contribution is 2.26. The van der Waals surface area contributed by atoms with E-state index < -0.39 is 0 Å². The fraction of sp³-hybridized carbons (Fsp3) is 0.588. The molecule has 2 unspecified atom stereocenters. The van der Waals surface area contributed by atoms with Crippen molar-refractivity contribution < 1.29 is 4.79 Å². The van der Waals surface area contributed by atoms with E-state index in [4.69, 9.17) is 11.6 Å². The average molecular weight is 345 g/mol. The summed E-state index contributed by atoms with van der Waals surface area (Å²) in [6.07, 6.45) is 4.27. The molecule has 1 fully saturated rings. The third-order valence-electron chi connectivity index (χ3n) is 4.46. The summed E-state index contributed by atoms with van der Waals surface area (Å²) in [4.78, 5) is 14.6. The predicted octanol–water partition coefficient (Wildman–Crippen LogP) is 4.66. The smallest absolute Gasteiger partial charge is 0.225 e. The Bertz CT molecular complexity index is 477. The molecule has 1 aliphatic rings. The van der Waals surface area contributed by atoms with E-state index in [1.807, 2.05) is 19.1 Å². The minimum absolute atomic E-state index is 0. The first kappa shape index (κ1) is 19.3. The lowest BCUT2D eigenvalue weighted by atomic mass is 9.97. The summed E-state index contributed by atoms with van der Waals surface area (Å²) in [5.41, 5.74) is 1.74. The molecule has 5 heteroatoms. The van der Waals surface area contributed by atoms with Crippen LogP contribution < -0.4 is 5.32 Å². The summed E-state index contributed by atoms with van der Waals surface area (Å²) in [5, 5.41) is 3.55. The van der Waals surface area contributed by atoms with E-state index >= 15 is 0 Å². The van der Waals surface area contributed by atoms with Crippen molar-refractivity contribution in [2.24, 2.45) is 0 Å². The summed E-state index contributed by atoms with van der Waals surface area (Å²) in [5.74, 6) is 0.0381. The van der Waals surface area contributed by atoms with Gasteiger partial charge in [0.05, 0.1) is 10.7 Å². The quantitative estimate of drug-likeness (QED) is 0.861. The molecule has 1 aromatic carbocycles. The third-order valence-corrected chi connectivity index (χ3v) is 4.77. The van der Waals surface area contributed by atoms with Crippen molar-refractivity contribution in [3.63, 3.8) is 0 Å². The van der Waals surface area contributed by atoms with Crippen molar-refractivity contribution in [3.05, 3.63) is 28.8 Å². The van der Waals surface area contributed by atoms with Gasteiger partial charge >= 0.3 is 0 Å². The molecule has 0 saturated carbocycles. The first-order valence-corrected chi connectivity index (χ1v) is 8.17. The fourth-order valence-corrected chi connectivity index (χ4v) is 3.41. The number of rotatable bonds is 4. The molecule has 0 aromatic heterocycles. The van der Waals surface area contributed by atoms with Crippen molar-refractivity contribution in [3.8, 4) is 0 Å². The summed E-state index contributed by atoms with van der Waals surface area (Å²) < 4.78 is 0. The minimum Gasteiger partial charge on any atom is -0.325 e. The molecule has 1 aliphatic heterocycles. The molecule has 0 bridgehead atoms. The number of anilines is 1. The number of halogens is 2. The monoisotopic (exact) mass is 344 g/mol. The number of likely N-dealkylation sites (tertiary alicyclic amines) is 1. The second-order valence-corrected chi connectivity index (χ2v) is 6.50. The minimum atomic E-state index is 0. The molecule has 2 rings (SSSR count). The number of piperidine rings is 1. The van der Waals surface area contributed by atoms with Gasteiger partial charge in [-0.1, -0.05) is 30.2 Å². The average Bonchev–Trinajstić information content (AvgIpc) is 2.42. The molecule has 3 nitrogen and oxygen atoms in total. The van der Waals surface area contributed by atoms with Gasteiger partial charge in [-0.3, -0.25) is 9.69 Å². The zero-order chi connectivity index (χ0) is 15.4. The standard InChI is InChI=1S/C17H25ClN2O.ClH/c1-12-6-4-9-15(18)17(12)19-16(21)10-11-20-13(2)7-5-8-14(20)3;/h4,6,9,13-14H,5,7-8,10-11H2,1-3H3,(H,19,21);1H. The van der Waals surface area contributed by atoms with Gasteiger partial charge in [0.1, 0.15) is 0 Å². The molecule has 0 spiro atoms. The first-order chi connectivity index (χ1) is 9.99. The Balaban J connectivity index is 0.00000242. The highest BCUT2D eigenvalue weighted by atomic mass is 35.5. The highest BCUT2D eigenvalue weighted by molar-refractivity contribution is 6.33. The lowest BCUT2D eigenvalue weighted by Crippen LogP contribution is -2.44. The zero-order valence-corrected chi connectivity index (χ0v) is 15.1. The zero-order valence-electron chi connectivity index (χ0n) is 13.6. The number of hydrogen-bond acceptors (Lipinski definition) is 2. The lowest BCUT2D eigenvalue weighted by Gasteiger charge is -2.38. The van der Waals surface area contributed by atoms with Crippen LogP contribution in [0.4, 0.5) is 5.69 Å². The van der Waals surface area contributed by atoms with Crippen LogP contribution in [0.2, 0.25) is 5.02 Å². The largest absolute Gasteiger partial charge is 0.325 e. The van der Waals surface area contributed by atoms with Gasteiger partial charge in [0, 0.05) is 25.0 Å². The number of nitrogens with zero attached hydrogens (tertiary/aromatic N) is 1. The van der Waals surface area contributed by atoms with Gasteiger partial charge in [0.2, 0.25) is 5.91 Å². The first-order valence-electron chi connectivity index (χ1n) is 7.79. The third kappa shape index (κ3) is 4.87. The summed E-state index contributed by atoms with van der Waals surface area (Å²) in [6, 6.07) is 6.80. The number of benzene rings is 1. The number of amides is 1. The number of nitrogens with one attached hydrogen (secondary N) is 1. The number of carbonyl (C=O) groups excluding carboxylic acids is 1. The Morgan fingerprint density at radius 2 is 1.95 bits per heavy atom. The molecule has 1 heterocycles. The topological polar surface area (TPSA) is 32.3 Å². The molecule has 1 aromatic rings. The fourth-order valence-electron chi connectivity index (χ4n) is 3.14. The van der Waals surface area contributed by atoms with E-state index in [0.717, 1.165) is 17.8 Å². The van der Waals surface area contributed by atoms with Gasteiger partial charge in [-0.05, 0) is 45.2 Å². The Kier molecular flexibility index (Phi) is 7.67. The van der Waals surface area contributed by atoms with Gasteiger partial charge in [0.25, 0.3) is 0 Å². The molecule has 0 aliphatic carbocycles. The number of para-hydroxylation sites is 1. The van der Waals surface area contributed by atoms with Crippen LogP contribution in [0.25, 0.3) is 0 Å². The molecule has 124 valence electrons. The maximum atomic E-state index is 12.2. The van der Waals surface area contributed by atoms with E-state index in [0.29, 0.717) is 23.5 Å². The van der Waals surface area contributed by atoms with Crippen LogP contribution in [0, 0.1) is 6.92 Å². The molecule has 1 saturated heterocycles. The van der Waals surface area contributed by atoms with Gasteiger partial charge < -0.3 is 5.32 Å². The molecular formula is C17H26Cl2N2O. The maximum absolute atomic E-state index is 12.2. The Morgan fingerprint density at radius 1 is 1.32 bits per heavy atom. The van der Waals surface area contributed by atoms with Gasteiger partial charge in [-0.25, -0.2) is 0 Å². The van der Waals surface area contributed by atoms with Gasteiger partial charge in [0.15, 0.2) is 0 Å². The summed E-state index contributed by atoms with van der Waals surface area (Å²) in [6.45, 7) is 7.28. The van der Waals surface area contributed by atoms with Crippen LogP contribution in [0.3, 0.4) is 0 Å². The number of hydrogen-bond donors (Lipinski definition) is 1.